The summed E-state index contributed by atoms with van der Waals surface area (Å²) in [5.74, 6) is 2.14. The van der Waals surface area contributed by atoms with Gasteiger partial charge in [-0.25, -0.2) is 4.79 Å². The lowest BCUT2D eigenvalue weighted by Gasteiger charge is -2.29. The molecule has 0 atom stereocenters. The molecule has 0 aliphatic carbocycles. The summed E-state index contributed by atoms with van der Waals surface area (Å²) in [7, 11) is 4.87. The van der Waals surface area contributed by atoms with Crippen molar-refractivity contribution >= 4 is 6.03 Å². The second-order valence-corrected chi connectivity index (χ2v) is 7.85. The van der Waals surface area contributed by atoms with Gasteiger partial charge in [-0.05, 0) is 51.0 Å². The molecule has 29 heavy (non-hydrogen) atoms. The van der Waals surface area contributed by atoms with E-state index in [1.807, 2.05) is 63.2 Å². The van der Waals surface area contributed by atoms with Crippen LogP contribution < -0.4 is 19.5 Å². The fourth-order valence-electron chi connectivity index (χ4n) is 2.99. The Bertz CT molecular complexity index is 815. The van der Waals surface area contributed by atoms with E-state index in [-0.39, 0.29) is 11.6 Å². The van der Waals surface area contributed by atoms with Crippen LogP contribution in [0.2, 0.25) is 0 Å². The summed E-state index contributed by atoms with van der Waals surface area (Å²) in [4.78, 5) is 14.7. The molecular weight excluding hydrogens is 368 g/mol. The number of nitrogens with one attached hydrogen (secondary N) is 1. The normalized spacial score (nSPS) is 11.0. The molecule has 1 N–H and O–H groups in total. The summed E-state index contributed by atoms with van der Waals surface area (Å²) in [6.45, 7) is 6.93. The number of rotatable bonds is 8. The molecule has 0 saturated heterocycles. The largest absolute Gasteiger partial charge is 0.496 e. The van der Waals surface area contributed by atoms with Crippen LogP contribution in [0.4, 0.5) is 4.79 Å². The maximum Gasteiger partial charge on any atom is 0.318 e. The van der Waals surface area contributed by atoms with Crippen LogP contribution in [-0.2, 0) is 13.0 Å². The van der Waals surface area contributed by atoms with E-state index in [0.29, 0.717) is 31.0 Å². The Morgan fingerprint density at radius 3 is 2.21 bits per heavy atom. The Hall–Kier alpha value is -2.89. The summed E-state index contributed by atoms with van der Waals surface area (Å²) in [5.41, 5.74) is 1.71. The van der Waals surface area contributed by atoms with E-state index in [1.165, 1.54) is 0 Å². The molecule has 2 aromatic carbocycles. The minimum Gasteiger partial charge on any atom is -0.496 e. The first-order valence-electron chi connectivity index (χ1n) is 9.67. The molecule has 0 aliphatic heterocycles. The molecule has 0 heterocycles. The molecule has 0 spiro atoms. The van der Waals surface area contributed by atoms with Gasteiger partial charge in [0.2, 0.25) is 0 Å². The predicted octanol–water partition coefficient (Wildman–Crippen LogP) is 4.27. The molecule has 2 aromatic rings. The number of para-hydroxylation sites is 1. The predicted molar refractivity (Wildman–Crippen MR) is 115 cm³/mol. The van der Waals surface area contributed by atoms with E-state index in [4.69, 9.17) is 14.2 Å². The van der Waals surface area contributed by atoms with Crippen LogP contribution in [0, 0.1) is 0 Å². The highest BCUT2D eigenvalue weighted by atomic mass is 16.5. The topological polar surface area (TPSA) is 60.0 Å². The summed E-state index contributed by atoms with van der Waals surface area (Å²) in [6, 6.07) is 13.5. The van der Waals surface area contributed by atoms with Crippen molar-refractivity contribution in [3.63, 3.8) is 0 Å². The van der Waals surface area contributed by atoms with E-state index >= 15 is 0 Å². The molecule has 0 fully saturated rings. The second-order valence-electron chi connectivity index (χ2n) is 7.85. The molecule has 158 valence electrons. The van der Waals surface area contributed by atoms with Gasteiger partial charge in [-0.3, -0.25) is 0 Å². The number of urea groups is 1. The van der Waals surface area contributed by atoms with Gasteiger partial charge in [0.1, 0.15) is 5.75 Å². The Morgan fingerprint density at radius 1 is 0.931 bits per heavy atom. The molecule has 0 radical (unpaired) electrons. The van der Waals surface area contributed by atoms with E-state index in [2.05, 4.69) is 5.32 Å². The van der Waals surface area contributed by atoms with Crippen molar-refractivity contribution in [3.05, 3.63) is 53.6 Å². The molecule has 2 amide bonds. The zero-order chi connectivity index (χ0) is 21.4. The lowest BCUT2D eigenvalue weighted by molar-refractivity contribution is 0.186. The van der Waals surface area contributed by atoms with Crippen molar-refractivity contribution in [1.29, 1.82) is 0 Å². The number of carbonyl (C=O) groups excluding carboxylic acids is 1. The summed E-state index contributed by atoms with van der Waals surface area (Å²) >= 11 is 0. The van der Waals surface area contributed by atoms with Crippen LogP contribution in [0.3, 0.4) is 0 Å². The molecule has 6 heteroatoms. The first-order chi connectivity index (χ1) is 13.8. The number of hydrogen-bond acceptors (Lipinski definition) is 4. The molecule has 6 nitrogen and oxygen atoms in total. The quantitative estimate of drug-likeness (QED) is 0.719. The van der Waals surface area contributed by atoms with Crippen LogP contribution >= 0.6 is 0 Å². The Balaban J connectivity index is 2.20. The van der Waals surface area contributed by atoms with Crippen molar-refractivity contribution in [2.75, 3.05) is 27.9 Å². The number of amides is 2. The number of methoxy groups -OCH3 is 3. The van der Waals surface area contributed by atoms with Gasteiger partial charge in [0.25, 0.3) is 0 Å². The van der Waals surface area contributed by atoms with Crippen LogP contribution in [0.5, 0.6) is 17.2 Å². The number of ether oxygens (including phenoxy) is 3. The number of benzene rings is 2. The summed E-state index contributed by atoms with van der Waals surface area (Å²) < 4.78 is 16.1. The van der Waals surface area contributed by atoms with E-state index < -0.39 is 0 Å². The van der Waals surface area contributed by atoms with Crippen molar-refractivity contribution in [2.45, 2.75) is 39.3 Å². The van der Waals surface area contributed by atoms with Crippen LogP contribution in [0.1, 0.15) is 31.9 Å². The third-order valence-corrected chi connectivity index (χ3v) is 4.44. The smallest absolute Gasteiger partial charge is 0.318 e. The van der Waals surface area contributed by atoms with Crippen LogP contribution in [-0.4, -0.2) is 44.3 Å². The highest BCUT2D eigenvalue weighted by Gasteiger charge is 2.21. The van der Waals surface area contributed by atoms with Crippen molar-refractivity contribution < 1.29 is 19.0 Å². The van der Waals surface area contributed by atoms with Gasteiger partial charge >= 0.3 is 6.03 Å². The monoisotopic (exact) mass is 400 g/mol. The average molecular weight is 401 g/mol. The summed E-state index contributed by atoms with van der Waals surface area (Å²) in [6.07, 6.45) is 0.688. The van der Waals surface area contributed by atoms with Gasteiger partial charge in [-0.15, -0.1) is 0 Å². The minimum atomic E-state index is -0.320. The van der Waals surface area contributed by atoms with Gasteiger partial charge in [0.15, 0.2) is 11.5 Å². The van der Waals surface area contributed by atoms with Crippen LogP contribution in [0.15, 0.2) is 42.5 Å². The minimum absolute atomic E-state index is 0.108. The van der Waals surface area contributed by atoms with Gasteiger partial charge in [0.05, 0.1) is 27.9 Å². The van der Waals surface area contributed by atoms with Crippen LogP contribution in [0.25, 0.3) is 0 Å². The molecule has 0 bridgehead atoms. The zero-order valence-electron chi connectivity index (χ0n) is 18.2. The fraction of sp³-hybridized carbons (Fsp3) is 0.435. The second kappa shape index (κ2) is 10.0. The number of nitrogens with zero attached hydrogens (tertiary/aromatic N) is 1. The Kier molecular flexibility index (Phi) is 7.76. The first-order valence-corrected chi connectivity index (χ1v) is 9.67. The SMILES string of the molecule is COc1ccccc1CN(CCc1ccc(OC)c(OC)c1)C(=O)NC(C)(C)C. The van der Waals surface area contributed by atoms with Crippen molar-refractivity contribution in [2.24, 2.45) is 0 Å². The molecule has 2 rings (SSSR count). The molecule has 0 saturated carbocycles. The lowest BCUT2D eigenvalue weighted by atomic mass is 10.1. The molecular formula is C23H32N2O4. The molecule has 0 aliphatic rings. The average Bonchev–Trinajstić information content (AvgIpc) is 2.69. The van der Waals surface area contributed by atoms with Crippen molar-refractivity contribution in [3.8, 4) is 17.2 Å². The van der Waals surface area contributed by atoms with E-state index in [0.717, 1.165) is 16.9 Å². The van der Waals surface area contributed by atoms with E-state index in [9.17, 15) is 4.79 Å². The third-order valence-electron chi connectivity index (χ3n) is 4.44. The van der Waals surface area contributed by atoms with Gasteiger partial charge in [-0.1, -0.05) is 24.3 Å². The van der Waals surface area contributed by atoms with Gasteiger partial charge < -0.3 is 24.4 Å². The number of hydrogen-bond donors (Lipinski definition) is 1. The molecule has 0 unspecified atom stereocenters. The highest BCUT2D eigenvalue weighted by Crippen LogP contribution is 2.28. The van der Waals surface area contributed by atoms with Gasteiger partial charge in [0, 0.05) is 17.6 Å². The zero-order valence-corrected chi connectivity index (χ0v) is 18.2. The summed E-state index contributed by atoms with van der Waals surface area (Å²) in [5, 5.41) is 3.06. The molecule has 0 aromatic heterocycles. The Labute approximate surface area is 173 Å². The standard InChI is InChI=1S/C23H32N2O4/c1-23(2,3)24-22(26)25(16-18-9-7-8-10-19(18)27-4)14-13-17-11-12-20(28-5)21(15-17)29-6/h7-12,15H,13-14,16H2,1-6H3,(H,24,26). The Morgan fingerprint density at radius 2 is 1.59 bits per heavy atom. The third kappa shape index (κ3) is 6.59. The highest BCUT2D eigenvalue weighted by molar-refractivity contribution is 5.75. The maximum absolute atomic E-state index is 12.9. The lowest BCUT2D eigenvalue weighted by Crippen LogP contribution is -2.48. The number of carbonyl (C=O) groups is 1. The first kappa shape index (κ1) is 22.4. The maximum atomic E-state index is 12.9. The van der Waals surface area contributed by atoms with Gasteiger partial charge in [-0.2, -0.15) is 0 Å². The fourth-order valence-corrected chi connectivity index (χ4v) is 2.99. The van der Waals surface area contributed by atoms with E-state index in [1.54, 1.807) is 26.2 Å². The van der Waals surface area contributed by atoms with Crippen molar-refractivity contribution in [1.82, 2.24) is 10.2 Å².